The lowest BCUT2D eigenvalue weighted by Gasteiger charge is -2.20. The van der Waals surface area contributed by atoms with Gasteiger partial charge in [-0.1, -0.05) is 69.2 Å². The van der Waals surface area contributed by atoms with E-state index in [4.69, 9.17) is 6.57 Å². The van der Waals surface area contributed by atoms with E-state index in [1.165, 1.54) is 6.92 Å². The highest BCUT2D eigenvalue weighted by molar-refractivity contribution is 7.91. The molecule has 0 aromatic rings. The molecule has 0 bridgehead atoms. The Morgan fingerprint density at radius 3 is 1.30 bits per heavy atom. The molecule has 0 aromatic carbocycles. The molecule has 2 aliphatic carbocycles. The van der Waals surface area contributed by atoms with Crippen LogP contribution >= 0.6 is 0 Å². The Morgan fingerprint density at radius 1 is 0.642 bits per heavy atom. The molecule has 0 aliphatic heterocycles. The van der Waals surface area contributed by atoms with Crippen molar-refractivity contribution in [3.05, 3.63) is 11.4 Å². The van der Waals surface area contributed by atoms with Crippen LogP contribution in [0.1, 0.15) is 121 Å². The Kier molecular flexibility index (Phi) is 27.1. The van der Waals surface area contributed by atoms with Gasteiger partial charge in [-0.2, -0.15) is 0 Å². The second kappa shape index (κ2) is 26.8. The number of carbonyl (C=O) groups is 10. The standard InChI is InChI=1S/2C10H14O3.C7H12O2.C6H9NO.C6H12O3S/c1-6(2)9(12)4-7-3-8(11)5-10(7)13;1-6(2)10(13)7-3-8(11)5-9(12)4-7;1-5(2)7(9)4-6(3)8;1-5(2)6(8)4-7-3;1-5(2)6(7)4-10(3,8)9/h2*6-7H,3-5H2,1-2H3;5H,4H2,1-3H3;5H,4H2,1-2H3;5H,4H2,1-3H3. The van der Waals surface area contributed by atoms with Crippen molar-refractivity contribution in [2.45, 2.75) is 121 Å². The molecule has 2 fully saturated rings. The molecule has 0 heterocycles. The van der Waals surface area contributed by atoms with E-state index in [9.17, 15) is 56.4 Å². The van der Waals surface area contributed by atoms with Crippen LogP contribution < -0.4 is 0 Å². The first kappa shape index (κ1) is 53.5. The van der Waals surface area contributed by atoms with Gasteiger partial charge in [-0.3, -0.25) is 47.9 Å². The van der Waals surface area contributed by atoms with Gasteiger partial charge in [0.05, 0.1) is 19.3 Å². The monoisotopic (exact) mass is 767 g/mol. The summed E-state index contributed by atoms with van der Waals surface area (Å²) in [7, 11) is -3.12. The number of carbonyl (C=O) groups excluding carboxylic acids is 10. The average Bonchev–Trinajstić information content (AvgIpc) is 3.31. The summed E-state index contributed by atoms with van der Waals surface area (Å²) < 4.78 is 21.1. The summed E-state index contributed by atoms with van der Waals surface area (Å²) in [5.41, 5.74) is 0. The van der Waals surface area contributed by atoms with Gasteiger partial charge in [-0.05, 0) is 6.92 Å². The molecule has 2 aliphatic rings. The Bertz CT molecular complexity index is 1460. The van der Waals surface area contributed by atoms with Gasteiger partial charge in [0.1, 0.15) is 57.8 Å². The maximum absolute atomic E-state index is 11.5. The van der Waals surface area contributed by atoms with E-state index in [0.717, 1.165) is 6.26 Å². The molecular formula is C39H61NO12S. The number of hydrogen-bond acceptors (Lipinski definition) is 12. The predicted molar refractivity (Wildman–Crippen MR) is 200 cm³/mol. The van der Waals surface area contributed by atoms with Crippen LogP contribution in [0.4, 0.5) is 0 Å². The van der Waals surface area contributed by atoms with Crippen molar-refractivity contribution in [3.8, 4) is 0 Å². The largest absolute Gasteiger partial charge is 0.309 e. The summed E-state index contributed by atoms with van der Waals surface area (Å²) in [5.74, 6) is -1.62. The van der Waals surface area contributed by atoms with Crippen molar-refractivity contribution in [2.75, 3.05) is 18.6 Å². The second-order valence-corrected chi connectivity index (χ2v) is 17.1. The van der Waals surface area contributed by atoms with Crippen LogP contribution in [-0.4, -0.2) is 84.8 Å². The Hall–Kier alpha value is -3.86. The van der Waals surface area contributed by atoms with Crippen LogP contribution in [0.15, 0.2) is 0 Å². The van der Waals surface area contributed by atoms with Crippen molar-refractivity contribution in [2.24, 2.45) is 41.4 Å². The van der Waals surface area contributed by atoms with E-state index < -0.39 is 9.84 Å². The lowest BCUT2D eigenvalue weighted by molar-refractivity contribution is -0.138. The van der Waals surface area contributed by atoms with Crippen molar-refractivity contribution < 1.29 is 56.4 Å². The maximum atomic E-state index is 11.5. The molecule has 0 saturated heterocycles. The van der Waals surface area contributed by atoms with Gasteiger partial charge in [0, 0.05) is 73.4 Å². The first-order valence-corrected chi connectivity index (χ1v) is 19.8. The molecular weight excluding hydrogens is 706 g/mol. The summed E-state index contributed by atoms with van der Waals surface area (Å²) >= 11 is 0. The Morgan fingerprint density at radius 2 is 1.06 bits per heavy atom. The molecule has 0 aromatic heterocycles. The minimum atomic E-state index is -3.12. The molecule has 0 amide bonds. The average molecular weight is 768 g/mol. The van der Waals surface area contributed by atoms with Crippen molar-refractivity contribution in [3.63, 3.8) is 0 Å². The lowest BCUT2D eigenvalue weighted by Crippen LogP contribution is -2.30. The molecule has 13 nitrogen and oxygen atoms in total. The third-order valence-corrected chi connectivity index (χ3v) is 8.51. The fourth-order valence-corrected chi connectivity index (χ4v) is 5.11. The summed E-state index contributed by atoms with van der Waals surface area (Å²) in [5, 5.41) is 0. The highest BCUT2D eigenvalue weighted by atomic mass is 32.2. The normalized spacial score (nSPS) is 15.7. The van der Waals surface area contributed by atoms with E-state index in [-0.39, 0.29) is 157 Å². The van der Waals surface area contributed by atoms with Gasteiger partial charge in [0.2, 0.25) is 5.78 Å². The molecule has 0 radical (unpaired) electrons. The van der Waals surface area contributed by atoms with Gasteiger partial charge in [-0.25, -0.2) is 15.0 Å². The second-order valence-electron chi connectivity index (χ2n) is 15.0. The van der Waals surface area contributed by atoms with E-state index in [2.05, 4.69) is 4.85 Å². The van der Waals surface area contributed by atoms with Crippen molar-refractivity contribution in [1.29, 1.82) is 0 Å². The van der Waals surface area contributed by atoms with E-state index >= 15 is 0 Å². The fourth-order valence-electron chi connectivity index (χ4n) is 4.26. The summed E-state index contributed by atoms with van der Waals surface area (Å²) in [6.07, 6.45) is 2.29. The number of nitrogens with zero attached hydrogens (tertiary/aromatic N) is 1. The summed E-state index contributed by atoms with van der Waals surface area (Å²) in [4.78, 5) is 112. The van der Waals surface area contributed by atoms with Crippen LogP contribution in [0.5, 0.6) is 0 Å². The molecule has 2 saturated carbocycles. The van der Waals surface area contributed by atoms with Crippen LogP contribution in [0.25, 0.3) is 4.85 Å². The number of hydrogen-bond donors (Lipinski definition) is 0. The first-order valence-electron chi connectivity index (χ1n) is 17.8. The maximum Gasteiger partial charge on any atom is 0.272 e. The summed E-state index contributed by atoms with van der Waals surface area (Å²) in [6, 6.07) is 0. The highest BCUT2D eigenvalue weighted by Crippen LogP contribution is 2.23. The smallest absolute Gasteiger partial charge is 0.272 e. The number of Topliss-reactive ketones (excluding diaryl/α,β-unsaturated/α-hetero) is 10. The van der Waals surface area contributed by atoms with Gasteiger partial charge in [-0.15, -0.1) is 0 Å². The predicted octanol–water partition coefficient (Wildman–Crippen LogP) is 4.88. The zero-order valence-electron chi connectivity index (χ0n) is 33.7. The van der Waals surface area contributed by atoms with Crippen LogP contribution in [0, 0.1) is 48.0 Å². The van der Waals surface area contributed by atoms with Crippen LogP contribution in [-0.2, 0) is 57.8 Å². The quantitative estimate of drug-likeness (QED) is 0.182. The van der Waals surface area contributed by atoms with E-state index in [1.54, 1.807) is 55.4 Å². The minimum absolute atomic E-state index is 0.00565. The molecule has 1 atom stereocenters. The molecule has 0 N–H and O–H groups in total. The molecule has 0 spiro atoms. The molecule has 14 heteroatoms. The van der Waals surface area contributed by atoms with Crippen LogP contribution in [0.2, 0.25) is 0 Å². The van der Waals surface area contributed by atoms with Gasteiger partial charge < -0.3 is 4.85 Å². The molecule has 300 valence electrons. The highest BCUT2D eigenvalue weighted by Gasteiger charge is 2.33. The Balaban J connectivity index is -0.000000598. The lowest BCUT2D eigenvalue weighted by atomic mass is 9.81. The van der Waals surface area contributed by atoms with Gasteiger partial charge >= 0.3 is 0 Å². The first-order chi connectivity index (χ1) is 24.1. The van der Waals surface area contributed by atoms with E-state index in [1.807, 2.05) is 13.8 Å². The number of rotatable bonds is 13. The van der Waals surface area contributed by atoms with Gasteiger partial charge in [0.15, 0.2) is 9.84 Å². The van der Waals surface area contributed by atoms with Gasteiger partial charge in [0.25, 0.3) is 6.54 Å². The topological polar surface area (TPSA) is 209 Å². The van der Waals surface area contributed by atoms with Crippen molar-refractivity contribution in [1.82, 2.24) is 0 Å². The van der Waals surface area contributed by atoms with Crippen LogP contribution in [0.3, 0.4) is 0 Å². The number of ketones is 10. The number of sulfone groups is 1. The molecule has 1 unspecified atom stereocenters. The molecule has 53 heavy (non-hydrogen) atoms. The zero-order chi connectivity index (χ0) is 42.4. The third kappa shape index (κ3) is 28.3. The van der Waals surface area contributed by atoms with Crippen molar-refractivity contribution >= 4 is 67.7 Å². The summed E-state index contributed by atoms with van der Waals surface area (Å²) in [6.45, 7) is 25.6. The SMILES string of the molecule is CC(=O)CC(=O)C(C)C.CC(C)C(=O)C1CC(=O)CC(=O)C1.CC(C)C(=O)CC1CC(=O)CC1=O.CC(C)C(=O)CS(C)(=O)=O.[C-]#[N+]CC(=O)C(C)C. The fraction of sp³-hybridized carbons (Fsp3) is 0.718. The zero-order valence-corrected chi connectivity index (χ0v) is 34.5. The third-order valence-electron chi connectivity index (χ3n) is 7.70. The molecule has 2 rings (SSSR count). The Labute approximate surface area is 315 Å². The van der Waals surface area contributed by atoms with E-state index in [0.29, 0.717) is 0 Å². The minimum Gasteiger partial charge on any atom is -0.309 e.